The van der Waals surface area contributed by atoms with Crippen LogP contribution in [0.25, 0.3) is 16.5 Å². The molecule has 5 heteroatoms. The van der Waals surface area contributed by atoms with Crippen LogP contribution in [-0.4, -0.2) is 18.1 Å². The Morgan fingerprint density at radius 1 is 1.56 bits per heavy atom. The molecule has 1 rings (SSSR count). The van der Waals surface area contributed by atoms with Gasteiger partial charge in [-0.1, -0.05) is 17.3 Å². The number of nitrogens with zero attached hydrogens (tertiary/aromatic N) is 4. The minimum Gasteiger partial charge on any atom is -0.478 e. The van der Waals surface area contributed by atoms with Gasteiger partial charge in [-0.05, 0) is 30.5 Å². The quantitative estimate of drug-likeness (QED) is 0.318. The van der Waals surface area contributed by atoms with Crippen LogP contribution < -0.4 is 4.74 Å². The first-order valence-corrected chi connectivity index (χ1v) is 5.13. The highest BCUT2D eigenvalue weighted by Gasteiger charge is 1.92. The average Bonchev–Trinajstić information content (AvgIpc) is 2.31. The summed E-state index contributed by atoms with van der Waals surface area (Å²) in [7, 11) is 0. The van der Waals surface area contributed by atoms with Crippen LogP contribution in [-0.2, 0) is 0 Å². The molecule has 1 heterocycles. The first-order chi connectivity index (χ1) is 7.86. The summed E-state index contributed by atoms with van der Waals surface area (Å²) in [6.07, 6.45) is 6.37. The third-order valence-corrected chi connectivity index (χ3v) is 1.82. The summed E-state index contributed by atoms with van der Waals surface area (Å²) < 4.78 is 5.23. The molecule has 0 spiro atoms. The van der Waals surface area contributed by atoms with E-state index in [2.05, 4.69) is 15.0 Å². The van der Waals surface area contributed by atoms with E-state index in [0.717, 1.165) is 12.0 Å². The molecule has 0 aromatic carbocycles. The van der Waals surface area contributed by atoms with Crippen molar-refractivity contribution in [3.63, 3.8) is 0 Å². The lowest BCUT2D eigenvalue weighted by Crippen LogP contribution is -1.93. The third-order valence-electron chi connectivity index (χ3n) is 1.82. The molecule has 5 nitrogen and oxygen atoms in total. The van der Waals surface area contributed by atoms with Crippen molar-refractivity contribution in [3.05, 3.63) is 40.4 Å². The topological polar surface area (TPSA) is 70.9 Å². The van der Waals surface area contributed by atoms with Crippen LogP contribution in [0.1, 0.15) is 18.9 Å². The van der Waals surface area contributed by atoms with Crippen LogP contribution in [0.2, 0.25) is 0 Å². The van der Waals surface area contributed by atoms with Crippen LogP contribution in [0.4, 0.5) is 0 Å². The molecule has 1 aromatic rings. The van der Waals surface area contributed by atoms with Gasteiger partial charge >= 0.3 is 0 Å². The van der Waals surface area contributed by atoms with Gasteiger partial charge in [0.1, 0.15) is 0 Å². The zero-order valence-corrected chi connectivity index (χ0v) is 9.21. The lowest BCUT2D eigenvalue weighted by atomic mass is 10.2. The summed E-state index contributed by atoms with van der Waals surface area (Å²) in [4.78, 5) is 6.80. The van der Waals surface area contributed by atoms with Crippen molar-refractivity contribution in [2.75, 3.05) is 13.2 Å². The van der Waals surface area contributed by atoms with E-state index in [0.29, 0.717) is 19.0 Å². The molecular formula is C11H14N4O. The van der Waals surface area contributed by atoms with Crippen molar-refractivity contribution in [3.8, 4) is 5.88 Å². The third kappa shape index (κ3) is 4.48. The molecule has 0 aliphatic heterocycles. The SMILES string of the molecule is CCOc1ccc(C=CCCN=[N+]=[N-])cn1. The van der Waals surface area contributed by atoms with Crippen molar-refractivity contribution < 1.29 is 4.74 Å². The molecule has 0 fully saturated rings. The van der Waals surface area contributed by atoms with Crippen molar-refractivity contribution >= 4 is 6.08 Å². The van der Waals surface area contributed by atoms with Gasteiger partial charge in [0, 0.05) is 23.7 Å². The summed E-state index contributed by atoms with van der Waals surface area (Å²) in [5.74, 6) is 0.633. The normalized spacial score (nSPS) is 10.1. The second-order valence-corrected chi connectivity index (χ2v) is 3.01. The zero-order valence-electron chi connectivity index (χ0n) is 9.21. The molecule has 0 aliphatic rings. The van der Waals surface area contributed by atoms with Crippen LogP contribution in [0.5, 0.6) is 5.88 Å². The Labute approximate surface area is 94.4 Å². The van der Waals surface area contributed by atoms with Gasteiger partial charge in [0.15, 0.2) is 0 Å². The predicted octanol–water partition coefficient (Wildman–Crippen LogP) is 3.19. The maximum absolute atomic E-state index is 8.07. The molecule has 0 bridgehead atoms. The van der Waals surface area contributed by atoms with Gasteiger partial charge in [0.2, 0.25) is 5.88 Å². The molecule has 0 atom stereocenters. The summed E-state index contributed by atoms with van der Waals surface area (Å²) in [5, 5.41) is 3.44. The van der Waals surface area contributed by atoms with E-state index in [-0.39, 0.29) is 0 Å². The number of hydrogen-bond acceptors (Lipinski definition) is 3. The number of rotatable bonds is 6. The van der Waals surface area contributed by atoms with Crippen molar-refractivity contribution in [2.24, 2.45) is 5.11 Å². The number of hydrogen-bond donors (Lipinski definition) is 0. The van der Waals surface area contributed by atoms with Gasteiger partial charge in [0.25, 0.3) is 0 Å². The Bertz CT molecular complexity index is 379. The second-order valence-electron chi connectivity index (χ2n) is 3.01. The summed E-state index contributed by atoms with van der Waals surface area (Å²) in [6, 6.07) is 3.76. The standard InChI is InChI=1S/C11H14N4O/c1-2-16-11-7-6-10(9-13-11)5-3-4-8-14-15-12/h3,5-7,9H,2,4,8H2,1H3. The Balaban J connectivity index is 2.44. The van der Waals surface area contributed by atoms with E-state index in [1.54, 1.807) is 6.20 Å². The Morgan fingerprint density at radius 2 is 2.44 bits per heavy atom. The molecule has 0 amide bonds. The number of pyridine rings is 1. The highest BCUT2D eigenvalue weighted by Crippen LogP contribution is 2.08. The Morgan fingerprint density at radius 3 is 3.06 bits per heavy atom. The molecule has 84 valence electrons. The smallest absolute Gasteiger partial charge is 0.213 e. The first kappa shape index (κ1) is 12.1. The summed E-state index contributed by atoms with van der Waals surface area (Å²) in [6.45, 7) is 3.02. The first-order valence-electron chi connectivity index (χ1n) is 5.13. The van der Waals surface area contributed by atoms with Gasteiger partial charge in [-0.15, -0.1) is 0 Å². The van der Waals surface area contributed by atoms with E-state index < -0.39 is 0 Å². The molecular weight excluding hydrogens is 204 g/mol. The average molecular weight is 218 g/mol. The highest BCUT2D eigenvalue weighted by molar-refractivity contribution is 5.48. The maximum atomic E-state index is 8.07. The van der Waals surface area contributed by atoms with E-state index in [9.17, 15) is 0 Å². The molecule has 0 aliphatic carbocycles. The van der Waals surface area contributed by atoms with Gasteiger partial charge in [-0.25, -0.2) is 4.98 Å². The van der Waals surface area contributed by atoms with E-state index >= 15 is 0 Å². The minimum absolute atomic E-state index is 0.484. The van der Waals surface area contributed by atoms with Gasteiger partial charge in [0.05, 0.1) is 6.61 Å². The van der Waals surface area contributed by atoms with Crippen LogP contribution >= 0.6 is 0 Å². The number of aromatic nitrogens is 1. The Hall–Kier alpha value is -2.00. The fourth-order valence-corrected chi connectivity index (χ4v) is 1.12. The Kier molecular flexibility index (Phi) is 5.52. The van der Waals surface area contributed by atoms with Crippen molar-refractivity contribution in [2.45, 2.75) is 13.3 Å². The molecule has 0 saturated carbocycles. The van der Waals surface area contributed by atoms with E-state index in [4.69, 9.17) is 10.3 Å². The number of ether oxygens (including phenoxy) is 1. The van der Waals surface area contributed by atoms with Crippen molar-refractivity contribution in [1.82, 2.24) is 4.98 Å². The fourth-order valence-electron chi connectivity index (χ4n) is 1.12. The number of azide groups is 1. The van der Waals surface area contributed by atoms with Gasteiger partial charge < -0.3 is 4.74 Å². The fraction of sp³-hybridized carbons (Fsp3) is 0.364. The van der Waals surface area contributed by atoms with Gasteiger partial charge in [-0.2, -0.15) is 0 Å². The van der Waals surface area contributed by atoms with E-state index in [1.165, 1.54) is 0 Å². The monoisotopic (exact) mass is 218 g/mol. The highest BCUT2D eigenvalue weighted by atomic mass is 16.5. The maximum Gasteiger partial charge on any atom is 0.213 e. The van der Waals surface area contributed by atoms with Crippen LogP contribution in [0.3, 0.4) is 0 Å². The molecule has 0 saturated heterocycles. The minimum atomic E-state index is 0.484. The molecule has 1 aromatic heterocycles. The molecule has 0 N–H and O–H groups in total. The lowest BCUT2D eigenvalue weighted by molar-refractivity contribution is 0.327. The van der Waals surface area contributed by atoms with Crippen LogP contribution in [0, 0.1) is 0 Å². The largest absolute Gasteiger partial charge is 0.478 e. The van der Waals surface area contributed by atoms with E-state index in [1.807, 2.05) is 31.2 Å². The van der Waals surface area contributed by atoms with Crippen molar-refractivity contribution in [1.29, 1.82) is 0 Å². The predicted molar refractivity (Wildman–Crippen MR) is 63.1 cm³/mol. The van der Waals surface area contributed by atoms with Gasteiger partial charge in [-0.3, -0.25) is 0 Å². The molecule has 16 heavy (non-hydrogen) atoms. The second kappa shape index (κ2) is 7.31. The molecule has 0 unspecified atom stereocenters. The molecule has 0 radical (unpaired) electrons. The lowest BCUT2D eigenvalue weighted by Gasteiger charge is -2.00. The summed E-state index contributed by atoms with van der Waals surface area (Å²) >= 11 is 0. The zero-order chi connectivity index (χ0) is 11.6. The summed E-state index contributed by atoms with van der Waals surface area (Å²) in [5.41, 5.74) is 9.08. The van der Waals surface area contributed by atoms with Crippen LogP contribution in [0.15, 0.2) is 29.5 Å².